The third-order valence-corrected chi connectivity index (χ3v) is 3.13. The van der Waals surface area contributed by atoms with Gasteiger partial charge in [0, 0.05) is 12.2 Å². The molecule has 0 atom stereocenters. The fraction of sp³-hybridized carbons (Fsp3) is 0.143. The van der Waals surface area contributed by atoms with Gasteiger partial charge >= 0.3 is 0 Å². The smallest absolute Gasteiger partial charge is 0.274 e. The molecule has 2 N–H and O–H groups in total. The Balaban J connectivity index is 2.20. The summed E-state index contributed by atoms with van der Waals surface area (Å²) in [6, 6.07) is 7.61. The van der Waals surface area contributed by atoms with E-state index >= 15 is 0 Å². The molecular formula is C14H12Cl2FN3O. The number of hydrogen-bond acceptors (Lipinski definition) is 3. The minimum Gasteiger partial charge on any atom is -0.370 e. The summed E-state index contributed by atoms with van der Waals surface area (Å²) in [6.45, 7) is 2.62. The van der Waals surface area contributed by atoms with Crippen LogP contribution in [0, 0.1) is 5.82 Å². The highest BCUT2D eigenvalue weighted by Gasteiger charge is 2.12. The van der Waals surface area contributed by atoms with E-state index in [9.17, 15) is 9.18 Å². The number of anilines is 2. The molecule has 0 saturated heterocycles. The first kappa shape index (κ1) is 15.5. The minimum absolute atomic E-state index is 0.160. The van der Waals surface area contributed by atoms with E-state index in [1.54, 1.807) is 18.2 Å². The maximum absolute atomic E-state index is 13.3. The molecule has 2 rings (SSSR count). The number of nitrogens with one attached hydrogen (secondary N) is 2. The first-order chi connectivity index (χ1) is 10.0. The van der Waals surface area contributed by atoms with Crippen molar-refractivity contribution >= 4 is 40.6 Å². The maximum Gasteiger partial charge on any atom is 0.274 e. The zero-order valence-corrected chi connectivity index (χ0v) is 12.6. The average molecular weight is 328 g/mol. The molecule has 0 radical (unpaired) electrons. The van der Waals surface area contributed by atoms with Crippen molar-refractivity contribution in [2.75, 3.05) is 17.2 Å². The van der Waals surface area contributed by atoms with Gasteiger partial charge in [-0.25, -0.2) is 9.37 Å². The lowest BCUT2D eigenvalue weighted by molar-refractivity contribution is 0.102. The van der Waals surface area contributed by atoms with Gasteiger partial charge in [-0.1, -0.05) is 29.3 Å². The number of hydrogen-bond donors (Lipinski definition) is 2. The Hall–Kier alpha value is -1.85. The molecule has 0 unspecified atom stereocenters. The summed E-state index contributed by atoms with van der Waals surface area (Å²) in [5, 5.41) is 5.26. The molecule has 0 spiro atoms. The summed E-state index contributed by atoms with van der Waals surface area (Å²) in [6.07, 6.45) is 0. The lowest BCUT2D eigenvalue weighted by Gasteiger charge is -2.08. The first-order valence-electron chi connectivity index (χ1n) is 6.18. The van der Waals surface area contributed by atoms with Crippen LogP contribution in [0.15, 0.2) is 30.3 Å². The topological polar surface area (TPSA) is 54.0 Å². The first-order valence-corrected chi connectivity index (χ1v) is 6.93. The Kier molecular flexibility index (Phi) is 4.98. The molecule has 110 valence electrons. The van der Waals surface area contributed by atoms with Crippen LogP contribution in [-0.2, 0) is 0 Å². The molecule has 0 saturated carbocycles. The van der Waals surface area contributed by atoms with Crippen LogP contribution in [0.4, 0.5) is 15.9 Å². The maximum atomic E-state index is 13.3. The Bertz CT molecular complexity index is 656. The van der Waals surface area contributed by atoms with Crippen LogP contribution in [0.2, 0.25) is 10.0 Å². The van der Waals surface area contributed by atoms with Crippen molar-refractivity contribution in [1.29, 1.82) is 0 Å². The van der Waals surface area contributed by atoms with Gasteiger partial charge in [0.2, 0.25) is 0 Å². The molecule has 7 heteroatoms. The van der Waals surface area contributed by atoms with E-state index in [0.29, 0.717) is 18.1 Å². The van der Waals surface area contributed by atoms with E-state index in [0.717, 1.165) is 0 Å². The van der Waals surface area contributed by atoms with E-state index in [1.165, 1.54) is 12.1 Å². The van der Waals surface area contributed by atoms with Crippen molar-refractivity contribution in [3.05, 3.63) is 51.9 Å². The van der Waals surface area contributed by atoms with Gasteiger partial charge in [0.1, 0.15) is 11.5 Å². The molecule has 0 aliphatic rings. The molecule has 21 heavy (non-hydrogen) atoms. The summed E-state index contributed by atoms with van der Waals surface area (Å²) in [5.41, 5.74) is 0.525. The summed E-state index contributed by atoms with van der Waals surface area (Å²) >= 11 is 11.4. The third kappa shape index (κ3) is 3.83. The summed E-state index contributed by atoms with van der Waals surface area (Å²) in [7, 11) is 0. The quantitative estimate of drug-likeness (QED) is 0.827. The largest absolute Gasteiger partial charge is 0.370 e. The molecule has 1 heterocycles. The highest BCUT2D eigenvalue weighted by atomic mass is 35.5. The van der Waals surface area contributed by atoms with Crippen LogP contribution < -0.4 is 10.6 Å². The summed E-state index contributed by atoms with van der Waals surface area (Å²) in [5.74, 6) is -0.558. The van der Waals surface area contributed by atoms with Crippen LogP contribution >= 0.6 is 23.2 Å². The molecule has 1 aromatic heterocycles. The number of carbonyl (C=O) groups excluding carboxylic acids is 1. The number of pyridine rings is 1. The number of amides is 1. The number of rotatable bonds is 4. The molecule has 4 nitrogen and oxygen atoms in total. The molecule has 0 fully saturated rings. The fourth-order valence-electron chi connectivity index (χ4n) is 1.66. The molecule has 0 bridgehead atoms. The number of benzene rings is 1. The third-order valence-electron chi connectivity index (χ3n) is 2.58. The second-order valence-corrected chi connectivity index (χ2v) is 4.96. The van der Waals surface area contributed by atoms with Gasteiger partial charge in [-0.3, -0.25) is 4.79 Å². The van der Waals surface area contributed by atoms with Crippen LogP contribution in [0.5, 0.6) is 0 Å². The van der Waals surface area contributed by atoms with Crippen molar-refractivity contribution in [3.63, 3.8) is 0 Å². The van der Waals surface area contributed by atoms with Crippen LogP contribution in [-0.4, -0.2) is 17.4 Å². The normalized spacial score (nSPS) is 10.3. The number of nitrogens with zero attached hydrogens (tertiary/aromatic N) is 1. The lowest BCUT2D eigenvalue weighted by Crippen LogP contribution is -2.14. The number of carbonyl (C=O) groups is 1. The van der Waals surface area contributed by atoms with Crippen LogP contribution in [0.25, 0.3) is 0 Å². The Morgan fingerprint density at radius 1 is 1.29 bits per heavy atom. The van der Waals surface area contributed by atoms with Gasteiger partial charge in [0.15, 0.2) is 5.82 Å². The van der Waals surface area contributed by atoms with E-state index in [2.05, 4.69) is 15.6 Å². The van der Waals surface area contributed by atoms with E-state index in [1.807, 2.05) is 6.92 Å². The summed E-state index contributed by atoms with van der Waals surface area (Å²) in [4.78, 5) is 16.3. The Morgan fingerprint density at radius 2 is 1.95 bits per heavy atom. The van der Waals surface area contributed by atoms with Crippen molar-refractivity contribution < 1.29 is 9.18 Å². The van der Waals surface area contributed by atoms with E-state index < -0.39 is 11.7 Å². The van der Waals surface area contributed by atoms with Gasteiger partial charge in [-0.2, -0.15) is 0 Å². The number of halogens is 3. The monoisotopic (exact) mass is 327 g/mol. The highest BCUT2D eigenvalue weighted by molar-refractivity contribution is 6.35. The Morgan fingerprint density at radius 3 is 2.57 bits per heavy atom. The van der Waals surface area contributed by atoms with E-state index in [-0.39, 0.29) is 15.7 Å². The SMILES string of the molecule is CCNc1cccc(C(=O)Nc2cc(Cl)c(F)c(Cl)c2)n1. The second-order valence-electron chi connectivity index (χ2n) is 4.15. The molecule has 0 aliphatic carbocycles. The molecule has 0 aliphatic heterocycles. The standard InChI is InChI=1S/C14H12Cl2FN3O/c1-2-18-12-5-3-4-11(20-12)14(21)19-8-6-9(15)13(17)10(16)7-8/h3-7H,2H2,1H3,(H,18,20)(H,19,21). The molecular weight excluding hydrogens is 316 g/mol. The second kappa shape index (κ2) is 6.74. The zero-order chi connectivity index (χ0) is 15.4. The predicted octanol–water partition coefficient (Wildman–Crippen LogP) is 4.21. The number of aromatic nitrogens is 1. The average Bonchev–Trinajstić information content (AvgIpc) is 2.45. The highest BCUT2D eigenvalue weighted by Crippen LogP contribution is 2.27. The van der Waals surface area contributed by atoms with Crippen LogP contribution in [0.1, 0.15) is 17.4 Å². The van der Waals surface area contributed by atoms with Crippen molar-refractivity contribution in [2.45, 2.75) is 6.92 Å². The fourth-order valence-corrected chi connectivity index (χ4v) is 2.15. The molecule has 1 amide bonds. The van der Waals surface area contributed by atoms with Crippen molar-refractivity contribution in [2.24, 2.45) is 0 Å². The lowest BCUT2D eigenvalue weighted by atomic mass is 10.2. The minimum atomic E-state index is -0.719. The van der Waals surface area contributed by atoms with Crippen molar-refractivity contribution in [3.8, 4) is 0 Å². The van der Waals surface area contributed by atoms with Crippen molar-refractivity contribution in [1.82, 2.24) is 4.98 Å². The summed E-state index contributed by atoms with van der Waals surface area (Å²) < 4.78 is 13.3. The van der Waals surface area contributed by atoms with Gasteiger partial charge in [-0.05, 0) is 31.2 Å². The van der Waals surface area contributed by atoms with Gasteiger partial charge < -0.3 is 10.6 Å². The van der Waals surface area contributed by atoms with Crippen LogP contribution in [0.3, 0.4) is 0 Å². The van der Waals surface area contributed by atoms with Gasteiger partial charge in [0.25, 0.3) is 5.91 Å². The Labute approximate surface area is 131 Å². The predicted molar refractivity (Wildman–Crippen MR) is 82.8 cm³/mol. The van der Waals surface area contributed by atoms with Gasteiger partial charge in [0.05, 0.1) is 10.0 Å². The zero-order valence-electron chi connectivity index (χ0n) is 11.1. The molecule has 1 aromatic carbocycles. The molecule has 2 aromatic rings. The van der Waals surface area contributed by atoms with Gasteiger partial charge in [-0.15, -0.1) is 0 Å². The van der Waals surface area contributed by atoms with E-state index in [4.69, 9.17) is 23.2 Å².